The van der Waals surface area contributed by atoms with Gasteiger partial charge in [0.05, 0.1) is 42.8 Å². The summed E-state index contributed by atoms with van der Waals surface area (Å²) >= 11 is 0. The molecule has 2 aromatic carbocycles. The number of unbranched alkanes of at least 4 members (excludes halogenated alkanes) is 1. The molecule has 0 atom stereocenters. The van der Waals surface area contributed by atoms with Crippen LogP contribution in [0.1, 0.15) is 54.5 Å². The maximum absolute atomic E-state index is 13.0. The Hall–Kier alpha value is -7.70. The molecule has 4 heterocycles. The Morgan fingerprint density at radius 1 is 0.648 bits per heavy atom. The van der Waals surface area contributed by atoms with Gasteiger partial charge in [0.25, 0.3) is 11.8 Å². The number of hydrogen-bond acceptors (Lipinski definition) is 13. The maximum Gasteiger partial charge on any atom is 0.337 e. The second kappa shape index (κ2) is 16.5. The monoisotopic (exact) mass is 734 g/mol. The van der Waals surface area contributed by atoms with Crippen molar-refractivity contribution in [2.24, 2.45) is 0 Å². The van der Waals surface area contributed by atoms with Crippen LogP contribution >= 0.6 is 0 Å². The fourth-order valence-corrected chi connectivity index (χ4v) is 4.92. The van der Waals surface area contributed by atoms with Crippen molar-refractivity contribution in [1.82, 2.24) is 39.5 Å². The zero-order valence-corrected chi connectivity index (χ0v) is 28.3. The molecule has 274 valence electrons. The van der Waals surface area contributed by atoms with Crippen LogP contribution in [-0.2, 0) is 0 Å². The first-order valence-corrected chi connectivity index (χ1v) is 16.0. The van der Waals surface area contributed by atoms with Crippen molar-refractivity contribution in [2.45, 2.75) is 12.8 Å². The van der Waals surface area contributed by atoms with E-state index in [2.05, 4.69) is 41.0 Å². The van der Waals surface area contributed by atoms with E-state index < -0.39 is 23.8 Å². The van der Waals surface area contributed by atoms with Gasteiger partial charge in [0.2, 0.25) is 0 Å². The van der Waals surface area contributed by atoms with E-state index in [1.165, 1.54) is 62.2 Å². The summed E-state index contributed by atoms with van der Waals surface area (Å²) in [7, 11) is 1.36. The van der Waals surface area contributed by atoms with Crippen molar-refractivity contribution < 1.29 is 43.6 Å². The molecule has 0 spiro atoms. The normalized spacial score (nSPS) is 10.7. The summed E-state index contributed by atoms with van der Waals surface area (Å²) in [6.45, 7) is 0.377. The zero-order valence-electron chi connectivity index (χ0n) is 28.3. The zero-order chi connectivity index (χ0) is 38.0. The fourth-order valence-electron chi connectivity index (χ4n) is 4.92. The van der Waals surface area contributed by atoms with Crippen LogP contribution in [0.2, 0.25) is 0 Å². The number of methoxy groups -OCH3 is 1. The van der Waals surface area contributed by atoms with Crippen LogP contribution in [0.5, 0.6) is 17.2 Å². The van der Waals surface area contributed by atoms with Crippen molar-refractivity contribution in [3.63, 3.8) is 0 Å². The summed E-state index contributed by atoms with van der Waals surface area (Å²) in [4.78, 5) is 57.6. The van der Waals surface area contributed by atoms with E-state index in [0.717, 1.165) is 0 Å². The molecule has 0 aliphatic heterocycles. The highest BCUT2D eigenvalue weighted by Crippen LogP contribution is 2.34. The lowest BCUT2D eigenvalue weighted by Crippen LogP contribution is -2.17. The number of hydrogen-bond donors (Lipinski definition) is 4. The molecule has 19 heteroatoms. The number of aromatic nitrogens is 8. The molecule has 0 saturated heterocycles. The Bertz CT molecular complexity index is 2260. The summed E-state index contributed by atoms with van der Waals surface area (Å²) in [6, 6.07) is 12.8. The average Bonchev–Trinajstić information content (AvgIpc) is 3.92. The number of amides is 2. The largest absolute Gasteiger partial charge is 0.494 e. The molecule has 2 amide bonds. The van der Waals surface area contributed by atoms with Crippen LogP contribution in [0.3, 0.4) is 0 Å². The van der Waals surface area contributed by atoms with Crippen molar-refractivity contribution >= 4 is 35.1 Å². The third-order valence-corrected chi connectivity index (χ3v) is 7.62. The topological polar surface area (TPSA) is 248 Å². The van der Waals surface area contributed by atoms with Crippen molar-refractivity contribution in [2.75, 3.05) is 31.0 Å². The molecule has 0 unspecified atom stereocenters. The third-order valence-electron chi connectivity index (χ3n) is 7.62. The minimum absolute atomic E-state index is 0.00663. The number of rotatable bonds is 16. The second-order valence-corrected chi connectivity index (χ2v) is 11.2. The molecular weight excluding hydrogens is 704 g/mol. The number of ether oxygens (including phenoxy) is 3. The van der Waals surface area contributed by atoms with Crippen LogP contribution in [-0.4, -0.2) is 93.8 Å². The van der Waals surface area contributed by atoms with Gasteiger partial charge in [0.1, 0.15) is 18.4 Å². The van der Waals surface area contributed by atoms with Crippen LogP contribution in [0, 0.1) is 0 Å². The quantitative estimate of drug-likeness (QED) is 0.103. The molecule has 0 radical (unpaired) electrons. The third kappa shape index (κ3) is 8.60. The Balaban J connectivity index is 1.04. The minimum atomic E-state index is -1.30. The molecule has 0 saturated carbocycles. The molecule has 0 aliphatic carbocycles. The summed E-state index contributed by atoms with van der Waals surface area (Å²) in [6.07, 6.45) is 10.5. The minimum Gasteiger partial charge on any atom is -0.494 e. The predicted octanol–water partition coefficient (Wildman–Crippen LogP) is 3.79. The molecule has 19 nitrogen and oxygen atoms in total. The van der Waals surface area contributed by atoms with Gasteiger partial charge in [-0.15, -0.1) is 20.4 Å². The SMILES string of the molecule is COc1cc(C(=O)O)c(NC(=O)c2ccc(-n3ccnc3)nn2)cc1OCCCCOc1ccc(C(=O)O)c(NC(=O)c2ccc(-n3ccnc3)nn2)c1. The van der Waals surface area contributed by atoms with E-state index in [9.17, 15) is 29.4 Å². The first-order valence-electron chi connectivity index (χ1n) is 16.0. The molecule has 0 aliphatic rings. The first-order chi connectivity index (χ1) is 26.2. The number of anilines is 2. The molecule has 4 N–H and O–H groups in total. The second-order valence-electron chi connectivity index (χ2n) is 11.2. The predicted molar refractivity (Wildman–Crippen MR) is 188 cm³/mol. The van der Waals surface area contributed by atoms with E-state index in [1.807, 2.05) is 0 Å². The number of nitrogens with zero attached hydrogens (tertiary/aromatic N) is 8. The molecule has 0 fully saturated rings. The van der Waals surface area contributed by atoms with Crippen molar-refractivity contribution in [1.29, 1.82) is 0 Å². The average molecular weight is 735 g/mol. The molecule has 4 aromatic heterocycles. The van der Waals surface area contributed by atoms with Crippen LogP contribution in [0.15, 0.2) is 92.0 Å². The van der Waals surface area contributed by atoms with Crippen molar-refractivity contribution in [3.8, 4) is 28.9 Å². The Morgan fingerprint density at radius 2 is 1.20 bits per heavy atom. The molecular formula is C35H30N10O9. The first kappa shape index (κ1) is 36.1. The lowest BCUT2D eigenvalue weighted by atomic mass is 10.1. The van der Waals surface area contributed by atoms with Gasteiger partial charge in [-0.3, -0.25) is 18.7 Å². The van der Waals surface area contributed by atoms with Gasteiger partial charge < -0.3 is 35.1 Å². The van der Waals surface area contributed by atoms with Crippen molar-refractivity contribution in [3.05, 3.63) is 115 Å². The molecule has 0 bridgehead atoms. The molecule has 54 heavy (non-hydrogen) atoms. The number of carboxylic acids is 2. The van der Waals surface area contributed by atoms with E-state index >= 15 is 0 Å². The smallest absolute Gasteiger partial charge is 0.337 e. The molecule has 6 aromatic rings. The van der Waals surface area contributed by atoms with E-state index in [-0.39, 0.29) is 58.6 Å². The fraction of sp³-hybridized carbons (Fsp3) is 0.143. The number of imidazole rings is 2. The van der Waals surface area contributed by atoms with Gasteiger partial charge in [-0.25, -0.2) is 19.6 Å². The van der Waals surface area contributed by atoms with Gasteiger partial charge in [-0.05, 0) is 49.2 Å². The number of aromatic carboxylic acids is 2. The summed E-state index contributed by atoms with van der Waals surface area (Å²) < 4.78 is 20.3. The number of carbonyl (C=O) groups excluding carboxylic acids is 2. The highest BCUT2D eigenvalue weighted by atomic mass is 16.5. The Labute approximate surface area is 305 Å². The van der Waals surface area contributed by atoms with Crippen LogP contribution in [0.25, 0.3) is 11.6 Å². The standard InChI is InChI=1S/C35H30N10O9/c1-52-28-17-23(35(50)51)27(39-33(47)25-7-9-31(43-41-25)45-13-11-37-20-45)18-29(28)54-15-3-2-14-53-21-4-5-22(34(48)49)26(16-21)38-32(46)24-6-8-30(42-40-24)44-12-10-36-19-44/h4-13,16-20H,2-3,14-15H2,1H3,(H,38,46)(H,39,47)(H,48,49)(H,50,51). The van der Waals surface area contributed by atoms with E-state index in [0.29, 0.717) is 30.2 Å². The number of carbonyl (C=O) groups is 4. The molecule has 6 rings (SSSR count). The van der Waals surface area contributed by atoms with E-state index in [4.69, 9.17) is 14.2 Å². The van der Waals surface area contributed by atoms with E-state index in [1.54, 1.807) is 46.1 Å². The summed E-state index contributed by atoms with van der Waals surface area (Å²) in [5.74, 6) is -2.40. The number of nitrogens with one attached hydrogen (secondary N) is 2. The van der Waals surface area contributed by atoms with Gasteiger partial charge >= 0.3 is 11.9 Å². The highest BCUT2D eigenvalue weighted by molar-refractivity contribution is 6.08. The maximum atomic E-state index is 13.0. The number of carboxylic acid groups (broad SMARTS) is 2. The Morgan fingerprint density at radius 3 is 1.69 bits per heavy atom. The van der Waals surface area contributed by atoms with Crippen LogP contribution in [0.4, 0.5) is 11.4 Å². The highest BCUT2D eigenvalue weighted by Gasteiger charge is 2.20. The van der Waals surface area contributed by atoms with Gasteiger partial charge in [0, 0.05) is 43.0 Å². The lowest BCUT2D eigenvalue weighted by Gasteiger charge is -2.15. The summed E-state index contributed by atoms with van der Waals surface area (Å²) in [5.41, 5.74) is -0.500. The van der Waals surface area contributed by atoms with Gasteiger partial charge in [-0.1, -0.05) is 0 Å². The number of benzene rings is 2. The van der Waals surface area contributed by atoms with Gasteiger partial charge in [0.15, 0.2) is 34.5 Å². The Kier molecular flexibility index (Phi) is 11.1. The van der Waals surface area contributed by atoms with Crippen LogP contribution < -0.4 is 24.8 Å². The lowest BCUT2D eigenvalue weighted by molar-refractivity contribution is 0.0686. The summed E-state index contributed by atoms with van der Waals surface area (Å²) in [5, 5.41) is 40.5. The van der Waals surface area contributed by atoms with Gasteiger partial charge in [-0.2, -0.15) is 0 Å².